The van der Waals surface area contributed by atoms with Gasteiger partial charge in [-0.05, 0) is 29.8 Å². The van der Waals surface area contributed by atoms with Crippen LogP contribution in [0.1, 0.15) is 15.9 Å². The van der Waals surface area contributed by atoms with Crippen LogP contribution in [0.15, 0.2) is 51.4 Å². The second-order valence-corrected chi connectivity index (χ2v) is 5.63. The number of ketones is 1. The molecule has 0 aromatic heterocycles. The average molecular weight is 372 g/mol. The Kier molecular flexibility index (Phi) is 4.30. The van der Waals surface area contributed by atoms with E-state index >= 15 is 0 Å². The van der Waals surface area contributed by atoms with E-state index in [0.717, 1.165) is 4.47 Å². The van der Waals surface area contributed by atoms with Crippen molar-refractivity contribution in [2.24, 2.45) is 0 Å². The van der Waals surface area contributed by atoms with E-state index in [4.69, 9.17) is 0 Å². The van der Waals surface area contributed by atoms with Crippen molar-refractivity contribution >= 4 is 37.6 Å². The maximum Gasteiger partial charge on any atom is 0.168 e. The minimum Gasteiger partial charge on any atom is -0.294 e. The summed E-state index contributed by atoms with van der Waals surface area (Å²) < 4.78 is 14.6. The Morgan fingerprint density at radius 2 is 1.83 bits per heavy atom. The highest BCUT2D eigenvalue weighted by atomic mass is 79.9. The van der Waals surface area contributed by atoms with Gasteiger partial charge in [0.2, 0.25) is 0 Å². The Morgan fingerprint density at radius 1 is 1.11 bits per heavy atom. The van der Waals surface area contributed by atoms with Crippen LogP contribution in [0.25, 0.3) is 0 Å². The largest absolute Gasteiger partial charge is 0.294 e. The molecule has 0 radical (unpaired) electrons. The van der Waals surface area contributed by atoms with Crippen LogP contribution in [-0.4, -0.2) is 5.78 Å². The van der Waals surface area contributed by atoms with Crippen molar-refractivity contribution in [3.8, 4) is 0 Å². The summed E-state index contributed by atoms with van der Waals surface area (Å²) in [7, 11) is 0. The number of Topliss-reactive ketones (excluding diaryl/α,β-unsaturated/α-hetero) is 1. The van der Waals surface area contributed by atoms with E-state index in [2.05, 4.69) is 31.9 Å². The number of carbonyl (C=O) groups is 1. The Balaban J connectivity index is 2.24. The number of rotatable bonds is 3. The van der Waals surface area contributed by atoms with Gasteiger partial charge in [0.05, 0.1) is 0 Å². The van der Waals surface area contributed by atoms with Crippen molar-refractivity contribution in [1.29, 1.82) is 0 Å². The number of carbonyl (C=O) groups excluding carboxylic acids is 1. The first-order valence-electron chi connectivity index (χ1n) is 5.29. The van der Waals surface area contributed by atoms with E-state index < -0.39 is 0 Å². The van der Waals surface area contributed by atoms with E-state index in [9.17, 15) is 9.18 Å². The van der Waals surface area contributed by atoms with E-state index in [-0.39, 0.29) is 18.0 Å². The lowest BCUT2D eigenvalue weighted by Crippen LogP contribution is -2.04. The van der Waals surface area contributed by atoms with Crippen LogP contribution in [0, 0.1) is 5.82 Å². The van der Waals surface area contributed by atoms with Crippen molar-refractivity contribution in [3.63, 3.8) is 0 Å². The normalized spacial score (nSPS) is 10.4. The summed E-state index contributed by atoms with van der Waals surface area (Å²) in [6.45, 7) is 0. The Labute approximate surface area is 121 Å². The number of halogens is 3. The van der Waals surface area contributed by atoms with E-state index in [1.165, 1.54) is 12.1 Å². The van der Waals surface area contributed by atoms with Crippen LogP contribution in [0.3, 0.4) is 0 Å². The molecule has 0 spiro atoms. The van der Waals surface area contributed by atoms with Gasteiger partial charge < -0.3 is 0 Å². The highest BCUT2D eigenvalue weighted by molar-refractivity contribution is 9.10. The summed E-state index contributed by atoms with van der Waals surface area (Å²) >= 11 is 6.55. The third-order valence-corrected chi connectivity index (χ3v) is 3.61. The summed E-state index contributed by atoms with van der Waals surface area (Å²) in [6, 6.07) is 11.7. The second-order valence-electron chi connectivity index (χ2n) is 3.86. The van der Waals surface area contributed by atoms with Crippen molar-refractivity contribution in [3.05, 3.63) is 68.4 Å². The van der Waals surface area contributed by atoms with Gasteiger partial charge in [0.1, 0.15) is 5.82 Å². The molecule has 0 fully saturated rings. The highest BCUT2D eigenvalue weighted by Gasteiger charge is 2.11. The molecule has 92 valence electrons. The summed E-state index contributed by atoms with van der Waals surface area (Å²) in [5.74, 6) is -0.390. The van der Waals surface area contributed by atoms with Crippen LogP contribution in [0.5, 0.6) is 0 Å². The van der Waals surface area contributed by atoms with Crippen molar-refractivity contribution in [2.75, 3.05) is 0 Å². The summed E-state index contributed by atoms with van der Waals surface area (Å²) in [6.07, 6.45) is 0.180. The molecule has 0 aliphatic rings. The highest BCUT2D eigenvalue weighted by Crippen LogP contribution is 2.20. The first-order valence-corrected chi connectivity index (χ1v) is 6.87. The summed E-state index contributed by atoms with van der Waals surface area (Å²) in [4.78, 5) is 12.1. The minimum atomic E-state index is -0.348. The molecular weight excluding hydrogens is 363 g/mol. The zero-order valence-electron chi connectivity index (χ0n) is 9.29. The molecule has 0 amide bonds. The smallest absolute Gasteiger partial charge is 0.168 e. The molecule has 0 aliphatic heterocycles. The fourth-order valence-corrected chi connectivity index (χ4v) is 2.70. The Hall–Kier alpha value is -1.00. The van der Waals surface area contributed by atoms with Crippen LogP contribution < -0.4 is 0 Å². The van der Waals surface area contributed by atoms with Gasteiger partial charge in [-0.25, -0.2) is 4.39 Å². The Morgan fingerprint density at radius 3 is 2.50 bits per heavy atom. The van der Waals surface area contributed by atoms with Gasteiger partial charge in [-0.15, -0.1) is 0 Å². The molecule has 4 heteroatoms. The molecule has 0 unspecified atom stereocenters. The molecular formula is C14H9Br2FO. The molecule has 2 aromatic carbocycles. The first kappa shape index (κ1) is 13.4. The van der Waals surface area contributed by atoms with Gasteiger partial charge in [0, 0.05) is 20.9 Å². The predicted molar refractivity (Wildman–Crippen MR) is 76.3 cm³/mol. The van der Waals surface area contributed by atoms with Gasteiger partial charge in [-0.1, -0.05) is 50.1 Å². The quantitative estimate of drug-likeness (QED) is 0.710. The van der Waals surface area contributed by atoms with Crippen molar-refractivity contribution < 1.29 is 9.18 Å². The zero-order chi connectivity index (χ0) is 13.1. The molecule has 0 heterocycles. The lowest BCUT2D eigenvalue weighted by Gasteiger charge is -2.04. The Bertz CT molecular complexity index is 576. The van der Waals surface area contributed by atoms with E-state index in [0.29, 0.717) is 15.6 Å². The molecule has 18 heavy (non-hydrogen) atoms. The van der Waals surface area contributed by atoms with Gasteiger partial charge >= 0.3 is 0 Å². The fourth-order valence-electron chi connectivity index (χ4n) is 1.68. The maximum atomic E-state index is 13.2. The van der Waals surface area contributed by atoms with Gasteiger partial charge in [-0.2, -0.15) is 0 Å². The number of benzene rings is 2. The van der Waals surface area contributed by atoms with Crippen LogP contribution >= 0.6 is 31.9 Å². The van der Waals surface area contributed by atoms with Gasteiger partial charge in [0.15, 0.2) is 5.78 Å². The second kappa shape index (κ2) is 5.76. The first-order chi connectivity index (χ1) is 8.56. The third kappa shape index (κ3) is 3.27. The topological polar surface area (TPSA) is 17.1 Å². The van der Waals surface area contributed by atoms with Gasteiger partial charge in [0.25, 0.3) is 0 Å². The van der Waals surface area contributed by atoms with Crippen molar-refractivity contribution in [1.82, 2.24) is 0 Å². The zero-order valence-corrected chi connectivity index (χ0v) is 12.5. The molecule has 0 saturated heterocycles. The van der Waals surface area contributed by atoms with Crippen LogP contribution in [-0.2, 0) is 6.42 Å². The molecule has 2 aromatic rings. The monoisotopic (exact) mass is 370 g/mol. The SMILES string of the molecule is O=C(Cc1cc(F)cc(Br)c1)c1ccccc1Br. The van der Waals surface area contributed by atoms with E-state index in [1.54, 1.807) is 18.2 Å². The lowest BCUT2D eigenvalue weighted by atomic mass is 10.0. The molecule has 0 atom stereocenters. The molecule has 1 nitrogen and oxygen atoms in total. The molecule has 0 bridgehead atoms. The number of hydrogen-bond acceptors (Lipinski definition) is 1. The molecule has 0 N–H and O–H groups in total. The van der Waals surface area contributed by atoms with Crippen molar-refractivity contribution in [2.45, 2.75) is 6.42 Å². The fraction of sp³-hybridized carbons (Fsp3) is 0.0714. The van der Waals surface area contributed by atoms with Crippen LogP contribution in [0.2, 0.25) is 0 Å². The maximum absolute atomic E-state index is 13.2. The predicted octanol–water partition coefficient (Wildman–Crippen LogP) is 4.78. The molecule has 0 aliphatic carbocycles. The standard InChI is InChI=1S/C14H9Br2FO/c15-10-5-9(6-11(17)8-10)7-14(18)12-3-1-2-4-13(12)16/h1-6,8H,7H2. The average Bonchev–Trinajstić information content (AvgIpc) is 2.27. The number of hydrogen-bond donors (Lipinski definition) is 0. The molecule has 2 rings (SSSR count). The lowest BCUT2D eigenvalue weighted by molar-refractivity contribution is 0.0992. The summed E-state index contributed by atoms with van der Waals surface area (Å²) in [5, 5.41) is 0. The van der Waals surface area contributed by atoms with Gasteiger partial charge in [-0.3, -0.25) is 4.79 Å². The third-order valence-electron chi connectivity index (χ3n) is 2.46. The van der Waals surface area contributed by atoms with E-state index in [1.807, 2.05) is 12.1 Å². The minimum absolute atomic E-state index is 0.0417. The van der Waals surface area contributed by atoms with Crippen LogP contribution in [0.4, 0.5) is 4.39 Å². The molecule has 0 saturated carbocycles. The summed E-state index contributed by atoms with van der Waals surface area (Å²) in [5.41, 5.74) is 1.26.